The lowest BCUT2D eigenvalue weighted by Crippen LogP contribution is -2.46. The van der Waals surface area contributed by atoms with Gasteiger partial charge in [-0.2, -0.15) is 4.98 Å². The molecule has 1 aromatic rings. The Morgan fingerprint density at radius 3 is 2.80 bits per heavy atom. The van der Waals surface area contributed by atoms with Crippen LogP contribution in [0, 0.1) is 6.92 Å². The van der Waals surface area contributed by atoms with E-state index in [2.05, 4.69) is 15.5 Å². The number of rotatable bonds is 4. The zero-order valence-corrected chi connectivity index (χ0v) is 12.3. The van der Waals surface area contributed by atoms with Crippen LogP contribution in [0.2, 0.25) is 0 Å². The molecule has 0 bridgehead atoms. The van der Waals surface area contributed by atoms with Gasteiger partial charge in [0.05, 0.1) is 18.1 Å². The van der Waals surface area contributed by atoms with Gasteiger partial charge in [-0.05, 0) is 13.3 Å². The van der Waals surface area contributed by atoms with Gasteiger partial charge in [0.1, 0.15) is 0 Å². The molecule has 0 saturated carbocycles. The van der Waals surface area contributed by atoms with Gasteiger partial charge in [0, 0.05) is 19.5 Å². The Labute approximate surface area is 117 Å². The number of aromatic nitrogens is 2. The van der Waals surface area contributed by atoms with Gasteiger partial charge in [-0.3, -0.25) is 0 Å². The van der Waals surface area contributed by atoms with Gasteiger partial charge in [0.25, 0.3) is 0 Å². The molecule has 0 spiro atoms. The first kappa shape index (κ1) is 14.8. The van der Waals surface area contributed by atoms with Crippen LogP contribution >= 0.6 is 0 Å². The van der Waals surface area contributed by atoms with Crippen LogP contribution in [0.3, 0.4) is 0 Å². The van der Waals surface area contributed by atoms with Crippen molar-refractivity contribution >= 4 is 15.9 Å². The van der Waals surface area contributed by atoms with E-state index in [-0.39, 0.29) is 30.1 Å². The van der Waals surface area contributed by atoms with Gasteiger partial charge in [0.15, 0.2) is 15.7 Å². The van der Waals surface area contributed by atoms with E-state index in [0.29, 0.717) is 24.7 Å². The van der Waals surface area contributed by atoms with Gasteiger partial charge in [0.2, 0.25) is 5.89 Å². The smallest absolute Gasteiger partial charge is 0.318 e. The van der Waals surface area contributed by atoms with Crippen LogP contribution in [0.5, 0.6) is 0 Å². The molecule has 2 amide bonds. The van der Waals surface area contributed by atoms with E-state index in [0.717, 1.165) is 0 Å². The number of nitrogens with zero attached hydrogens (tertiary/aromatic N) is 3. The van der Waals surface area contributed by atoms with Crippen molar-refractivity contribution in [1.82, 2.24) is 20.4 Å². The Hall–Kier alpha value is -1.64. The first-order valence-corrected chi connectivity index (χ1v) is 8.27. The number of aryl methyl sites for hydroxylation is 1. The molecule has 1 aliphatic rings. The highest BCUT2D eigenvalue weighted by Gasteiger charge is 2.33. The molecule has 2 rings (SSSR count). The zero-order valence-electron chi connectivity index (χ0n) is 11.5. The molecule has 1 aliphatic heterocycles. The predicted octanol–water partition coefficient (Wildman–Crippen LogP) is 0.0966. The molecule has 0 aromatic carbocycles. The van der Waals surface area contributed by atoms with E-state index >= 15 is 0 Å². The summed E-state index contributed by atoms with van der Waals surface area (Å²) in [6, 6.07) is -0.561. The lowest BCUT2D eigenvalue weighted by Gasteiger charge is -2.26. The summed E-state index contributed by atoms with van der Waals surface area (Å²) in [4.78, 5) is 17.6. The summed E-state index contributed by atoms with van der Waals surface area (Å²) in [5.41, 5.74) is 0. The van der Waals surface area contributed by atoms with Crippen molar-refractivity contribution in [3.63, 3.8) is 0 Å². The maximum absolute atomic E-state index is 12.1. The molecular weight excluding hydrogens is 284 g/mol. The third-order valence-electron chi connectivity index (χ3n) is 3.22. The highest BCUT2D eigenvalue weighted by atomic mass is 32.2. The maximum atomic E-state index is 12.1. The lowest BCUT2D eigenvalue weighted by molar-refractivity contribution is 0.183. The van der Waals surface area contributed by atoms with Crippen LogP contribution in [-0.4, -0.2) is 53.6 Å². The highest BCUT2D eigenvalue weighted by molar-refractivity contribution is 7.91. The second-order valence-corrected chi connectivity index (χ2v) is 6.96. The van der Waals surface area contributed by atoms with E-state index in [9.17, 15) is 13.2 Å². The molecule has 1 fully saturated rings. The second kappa shape index (κ2) is 5.78. The van der Waals surface area contributed by atoms with E-state index < -0.39 is 9.84 Å². The van der Waals surface area contributed by atoms with Gasteiger partial charge in [-0.15, -0.1) is 0 Å². The quantitative estimate of drug-likeness (QED) is 0.845. The third-order valence-corrected chi connectivity index (χ3v) is 4.97. The van der Waals surface area contributed by atoms with E-state index in [4.69, 9.17) is 4.52 Å². The number of nitrogens with one attached hydrogen (secondary N) is 1. The summed E-state index contributed by atoms with van der Waals surface area (Å²) >= 11 is 0. The number of hydrogen-bond donors (Lipinski definition) is 1. The normalized spacial score (nSPS) is 20.8. The van der Waals surface area contributed by atoms with Crippen LogP contribution in [0.4, 0.5) is 4.79 Å². The summed E-state index contributed by atoms with van der Waals surface area (Å²) < 4.78 is 27.8. The van der Waals surface area contributed by atoms with Gasteiger partial charge in [-0.1, -0.05) is 5.16 Å². The van der Waals surface area contributed by atoms with Crippen molar-refractivity contribution in [3.05, 3.63) is 11.7 Å². The Kier molecular flexibility index (Phi) is 4.26. The minimum atomic E-state index is -3.01. The molecule has 1 saturated heterocycles. The fraction of sp³-hybridized carbons (Fsp3) is 0.727. The summed E-state index contributed by atoms with van der Waals surface area (Å²) in [5, 5.41) is 6.35. The minimum Gasteiger partial charge on any atom is -0.340 e. The first-order chi connectivity index (χ1) is 9.41. The van der Waals surface area contributed by atoms with Crippen molar-refractivity contribution in [2.75, 3.05) is 18.1 Å². The van der Waals surface area contributed by atoms with Crippen molar-refractivity contribution < 1.29 is 17.7 Å². The maximum Gasteiger partial charge on any atom is 0.318 e. The van der Waals surface area contributed by atoms with Gasteiger partial charge >= 0.3 is 6.03 Å². The molecule has 0 unspecified atom stereocenters. The zero-order chi connectivity index (χ0) is 14.8. The standard InChI is InChI=1S/C11H18N4O4S/c1-3-15(9-4-5-20(17,18)7-9)11(16)12-6-10-13-8(2)19-14-10/h9H,3-7H2,1-2H3,(H,12,16)/t9-/m0/s1. The molecule has 9 heteroatoms. The Balaban J connectivity index is 1.92. The summed E-state index contributed by atoms with van der Waals surface area (Å²) in [5.74, 6) is 1.01. The third kappa shape index (κ3) is 3.47. The van der Waals surface area contributed by atoms with Gasteiger partial charge < -0.3 is 14.7 Å². The first-order valence-electron chi connectivity index (χ1n) is 6.45. The molecule has 0 radical (unpaired) electrons. The topological polar surface area (TPSA) is 105 Å². The second-order valence-electron chi connectivity index (χ2n) is 4.73. The molecule has 8 nitrogen and oxygen atoms in total. The lowest BCUT2D eigenvalue weighted by atomic mass is 10.2. The van der Waals surface area contributed by atoms with Crippen molar-refractivity contribution in [2.45, 2.75) is 32.9 Å². The Bertz CT molecular complexity index is 583. The van der Waals surface area contributed by atoms with Crippen LogP contribution in [0.1, 0.15) is 25.1 Å². The van der Waals surface area contributed by atoms with E-state index in [1.807, 2.05) is 6.92 Å². The number of hydrogen-bond acceptors (Lipinski definition) is 6. The number of carbonyl (C=O) groups excluding carboxylic acids is 1. The highest BCUT2D eigenvalue weighted by Crippen LogP contribution is 2.17. The monoisotopic (exact) mass is 302 g/mol. The molecular formula is C11H18N4O4S. The minimum absolute atomic E-state index is 0.0373. The Morgan fingerprint density at radius 2 is 2.30 bits per heavy atom. The van der Waals surface area contributed by atoms with Crippen LogP contribution < -0.4 is 5.32 Å². The summed E-state index contributed by atoms with van der Waals surface area (Å²) in [6.45, 7) is 4.10. The molecule has 1 N–H and O–H groups in total. The molecule has 2 heterocycles. The fourth-order valence-electron chi connectivity index (χ4n) is 2.26. The number of amides is 2. The predicted molar refractivity (Wildman–Crippen MR) is 70.7 cm³/mol. The number of sulfone groups is 1. The van der Waals surface area contributed by atoms with Crippen molar-refractivity contribution in [2.24, 2.45) is 0 Å². The van der Waals surface area contributed by atoms with Gasteiger partial charge in [-0.25, -0.2) is 13.2 Å². The number of urea groups is 1. The molecule has 1 aromatic heterocycles. The van der Waals surface area contributed by atoms with Crippen LogP contribution in [0.15, 0.2) is 4.52 Å². The SMILES string of the molecule is CCN(C(=O)NCc1noc(C)n1)[C@H]1CCS(=O)(=O)C1. The van der Waals surface area contributed by atoms with E-state index in [1.165, 1.54) is 4.90 Å². The average molecular weight is 302 g/mol. The fourth-order valence-corrected chi connectivity index (χ4v) is 3.99. The molecule has 0 aliphatic carbocycles. The average Bonchev–Trinajstić information content (AvgIpc) is 2.94. The largest absolute Gasteiger partial charge is 0.340 e. The molecule has 1 atom stereocenters. The molecule has 20 heavy (non-hydrogen) atoms. The van der Waals surface area contributed by atoms with Crippen LogP contribution in [-0.2, 0) is 16.4 Å². The number of carbonyl (C=O) groups is 1. The van der Waals surface area contributed by atoms with Crippen LogP contribution in [0.25, 0.3) is 0 Å². The van der Waals surface area contributed by atoms with Crippen molar-refractivity contribution in [3.8, 4) is 0 Å². The van der Waals surface area contributed by atoms with E-state index in [1.54, 1.807) is 6.92 Å². The Morgan fingerprint density at radius 1 is 1.55 bits per heavy atom. The summed E-state index contributed by atoms with van der Waals surface area (Å²) in [7, 11) is -3.01. The van der Waals surface area contributed by atoms with Crippen molar-refractivity contribution in [1.29, 1.82) is 0 Å². The molecule has 112 valence electrons. The summed E-state index contributed by atoms with van der Waals surface area (Å²) in [6.07, 6.45) is 0.491.